The van der Waals surface area contributed by atoms with E-state index in [1.807, 2.05) is 19.9 Å². The Morgan fingerprint density at radius 2 is 1.87 bits per heavy atom. The van der Waals surface area contributed by atoms with Crippen LogP contribution in [0.1, 0.15) is 77.2 Å². The lowest BCUT2D eigenvalue weighted by atomic mass is 9.82. The third-order valence-corrected chi connectivity index (χ3v) is 8.87. The topological polar surface area (TPSA) is 76.7 Å². The van der Waals surface area contributed by atoms with Crippen LogP contribution in [-0.2, 0) is 14.8 Å². The second-order valence-electron chi connectivity index (χ2n) is 8.97. The molecule has 6 nitrogen and oxygen atoms in total. The first-order valence-electron chi connectivity index (χ1n) is 12.0. The van der Waals surface area contributed by atoms with Crippen LogP contribution in [0.25, 0.3) is 0 Å². The summed E-state index contributed by atoms with van der Waals surface area (Å²) < 4.78 is 40.1. The third kappa shape index (κ3) is 6.67. The Labute approximate surface area is 188 Å². The van der Waals surface area contributed by atoms with Gasteiger partial charge >= 0.3 is 0 Å². The quantitative estimate of drug-likeness (QED) is 0.562. The van der Waals surface area contributed by atoms with Gasteiger partial charge in [0.05, 0.1) is 24.6 Å². The molecule has 3 atom stereocenters. The van der Waals surface area contributed by atoms with E-state index in [1.165, 1.54) is 5.56 Å². The zero-order chi connectivity index (χ0) is 22.3. The zero-order valence-electron chi connectivity index (χ0n) is 19.3. The van der Waals surface area contributed by atoms with Crippen molar-refractivity contribution in [3.8, 4) is 5.75 Å². The summed E-state index contributed by atoms with van der Waals surface area (Å²) in [5, 5.41) is 3.11. The SMILES string of the molecule is CCOc1ccccc1[C@H]1CC[C@@H](OC[C@@H]2NCCC[C@@H]2NS(=O)(=O)[C@@H](C)CC)CC1. The van der Waals surface area contributed by atoms with Gasteiger partial charge in [0, 0.05) is 12.1 Å². The van der Waals surface area contributed by atoms with E-state index in [-0.39, 0.29) is 23.4 Å². The highest BCUT2D eigenvalue weighted by Crippen LogP contribution is 2.38. The second-order valence-corrected chi connectivity index (χ2v) is 11.1. The molecule has 1 aromatic carbocycles. The maximum atomic E-state index is 12.5. The minimum atomic E-state index is -3.29. The van der Waals surface area contributed by atoms with Gasteiger partial charge in [0.25, 0.3) is 0 Å². The van der Waals surface area contributed by atoms with Gasteiger partial charge in [0.1, 0.15) is 5.75 Å². The maximum absolute atomic E-state index is 12.5. The molecule has 1 aliphatic heterocycles. The van der Waals surface area contributed by atoms with Crippen LogP contribution in [-0.4, -0.2) is 51.6 Å². The summed E-state index contributed by atoms with van der Waals surface area (Å²) in [5.41, 5.74) is 1.32. The molecule has 1 saturated heterocycles. The van der Waals surface area contributed by atoms with Crippen molar-refractivity contribution in [1.29, 1.82) is 0 Å². The number of piperidine rings is 1. The predicted molar refractivity (Wildman–Crippen MR) is 125 cm³/mol. The molecule has 176 valence electrons. The van der Waals surface area contributed by atoms with Crippen LogP contribution in [0.5, 0.6) is 5.75 Å². The van der Waals surface area contributed by atoms with Crippen molar-refractivity contribution in [2.24, 2.45) is 0 Å². The Balaban J connectivity index is 1.50. The maximum Gasteiger partial charge on any atom is 0.214 e. The molecule has 2 N–H and O–H groups in total. The lowest BCUT2D eigenvalue weighted by Crippen LogP contribution is -2.56. The number of para-hydroxylation sites is 1. The lowest BCUT2D eigenvalue weighted by Gasteiger charge is -2.36. The first kappa shape index (κ1) is 24.5. The second kappa shape index (κ2) is 11.6. The fourth-order valence-corrected chi connectivity index (χ4v) is 6.08. The first-order valence-corrected chi connectivity index (χ1v) is 13.6. The molecule has 0 spiro atoms. The molecule has 3 rings (SSSR count). The number of ether oxygens (including phenoxy) is 2. The van der Waals surface area contributed by atoms with Gasteiger partial charge in [-0.3, -0.25) is 0 Å². The summed E-state index contributed by atoms with van der Waals surface area (Å²) in [4.78, 5) is 0. The van der Waals surface area contributed by atoms with Gasteiger partial charge in [0.2, 0.25) is 10.0 Å². The average Bonchev–Trinajstić information content (AvgIpc) is 2.78. The van der Waals surface area contributed by atoms with E-state index in [0.717, 1.165) is 50.8 Å². The summed E-state index contributed by atoms with van der Waals surface area (Å²) in [5.74, 6) is 1.53. The van der Waals surface area contributed by atoms with Gasteiger partial charge in [-0.25, -0.2) is 13.1 Å². The van der Waals surface area contributed by atoms with Crippen LogP contribution in [0.2, 0.25) is 0 Å². The molecule has 31 heavy (non-hydrogen) atoms. The summed E-state index contributed by atoms with van der Waals surface area (Å²) in [6.07, 6.45) is 6.94. The predicted octanol–water partition coefficient (Wildman–Crippen LogP) is 3.97. The Hall–Kier alpha value is -1.15. The van der Waals surface area contributed by atoms with Gasteiger partial charge in [-0.1, -0.05) is 25.1 Å². The van der Waals surface area contributed by atoms with Gasteiger partial charge in [-0.2, -0.15) is 0 Å². The fourth-order valence-electron chi connectivity index (χ4n) is 4.70. The molecule has 0 amide bonds. The molecule has 1 heterocycles. The number of benzene rings is 1. The molecule has 1 aromatic rings. The molecule has 0 bridgehead atoms. The molecular formula is C24H40N2O4S. The highest BCUT2D eigenvalue weighted by molar-refractivity contribution is 7.90. The Kier molecular flexibility index (Phi) is 9.19. The molecule has 2 fully saturated rings. The standard InChI is InChI=1S/C24H40N2O4S/c1-4-18(3)31(27,28)26-22-10-8-16-25-23(22)17-30-20-14-12-19(13-15-20)21-9-6-7-11-24(21)29-5-2/h6-7,9,11,18-20,22-23,25-26H,4-5,8,10,12-17H2,1-3H3/t18-,19-,20+,22-,23-/m0/s1. The normalized spacial score (nSPS) is 28.2. The number of hydrogen-bond acceptors (Lipinski definition) is 5. The Morgan fingerprint density at radius 1 is 1.13 bits per heavy atom. The van der Waals surface area contributed by atoms with E-state index >= 15 is 0 Å². The van der Waals surface area contributed by atoms with Gasteiger partial charge < -0.3 is 14.8 Å². The number of rotatable bonds is 10. The summed E-state index contributed by atoms with van der Waals surface area (Å²) >= 11 is 0. The minimum Gasteiger partial charge on any atom is -0.494 e. The number of nitrogens with one attached hydrogen (secondary N) is 2. The van der Waals surface area contributed by atoms with E-state index in [2.05, 4.69) is 28.2 Å². The van der Waals surface area contributed by atoms with Crippen molar-refractivity contribution in [2.45, 2.75) is 95.1 Å². The van der Waals surface area contributed by atoms with E-state index < -0.39 is 10.0 Å². The largest absolute Gasteiger partial charge is 0.494 e. The Bertz CT molecular complexity index is 778. The van der Waals surface area contributed by atoms with E-state index in [4.69, 9.17) is 9.47 Å². The number of sulfonamides is 1. The van der Waals surface area contributed by atoms with Crippen molar-refractivity contribution in [3.05, 3.63) is 29.8 Å². The molecule has 0 unspecified atom stereocenters. The summed E-state index contributed by atoms with van der Waals surface area (Å²) in [6, 6.07) is 8.32. The van der Waals surface area contributed by atoms with Crippen LogP contribution >= 0.6 is 0 Å². The molecule has 1 aliphatic carbocycles. The van der Waals surface area contributed by atoms with Gasteiger partial charge in [-0.15, -0.1) is 0 Å². The molecular weight excluding hydrogens is 412 g/mol. The fraction of sp³-hybridized carbons (Fsp3) is 0.750. The van der Waals surface area contributed by atoms with Crippen molar-refractivity contribution in [2.75, 3.05) is 19.8 Å². The van der Waals surface area contributed by atoms with E-state index in [9.17, 15) is 8.42 Å². The van der Waals surface area contributed by atoms with Crippen molar-refractivity contribution in [3.63, 3.8) is 0 Å². The van der Waals surface area contributed by atoms with Crippen LogP contribution in [0.4, 0.5) is 0 Å². The highest BCUT2D eigenvalue weighted by Gasteiger charge is 2.32. The third-order valence-electron chi connectivity index (χ3n) is 6.85. The zero-order valence-corrected chi connectivity index (χ0v) is 20.1. The van der Waals surface area contributed by atoms with Crippen LogP contribution < -0.4 is 14.8 Å². The first-order chi connectivity index (χ1) is 14.9. The van der Waals surface area contributed by atoms with Gasteiger partial charge in [-0.05, 0) is 82.9 Å². The average molecular weight is 453 g/mol. The lowest BCUT2D eigenvalue weighted by molar-refractivity contribution is 0.00508. The molecule has 0 aromatic heterocycles. The molecule has 1 saturated carbocycles. The van der Waals surface area contributed by atoms with Crippen LogP contribution in [0, 0.1) is 0 Å². The van der Waals surface area contributed by atoms with Gasteiger partial charge in [0.15, 0.2) is 0 Å². The smallest absolute Gasteiger partial charge is 0.214 e. The van der Waals surface area contributed by atoms with Crippen molar-refractivity contribution in [1.82, 2.24) is 10.0 Å². The molecule has 7 heteroatoms. The van der Waals surface area contributed by atoms with Crippen molar-refractivity contribution >= 4 is 10.0 Å². The molecule has 0 radical (unpaired) electrons. The summed E-state index contributed by atoms with van der Waals surface area (Å²) in [7, 11) is -3.29. The van der Waals surface area contributed by atoms with E-state index in [0.29, 0.717) is 25.6 Å². The number of hydrogen-bond donors (Lipinski definition) is 2. The van der Waals surface area contributed by atoms with Crippen LogP contribution in [0.3, 0.4) is 0 Å². The molecule has 2 aliphatic rings. The van der Waals surface area contributed by atoms with Crippen LogP contribution in [0.15, 0.2) is 24.3 Å². The van der Waals surface area contributed by atoms with Crippen molar-refractivity contribution < 1.29 is 17.9 Å². The van der Waals surface area contributed by atoms with E-state index in [1.54, 1.807) is 6.92 Å². The monoisotopic (exact) mass is 452 g/mol. The Morgan fingerprint density at radius 3 is 2.58 bits per heavy atom. The minimum absolute atomic E-state index is 0.0315. The highest BCUT2D eigenvalue weighted by atomic mass is 32.2. The summed E-state index contributed by atoms with van der Waals surface area (Å²) in [6.45, 7) is 7.86.